The van der Waals surface area contributed by atoms with E-state index >= 15 is 0 Å². The highest BCUT2D eigenvalue weighted by molar-refractivity contribution is 5.74. The van der Waals surface area contributed by atoms with Gasteiger partial charge in [0.1, 0.15) is 0 Å². The Morgan fingerprint density at radius 3 is 2.76 bits per heavy atom. The molecule has 21 heavy (non-hydrogen) atoms. The fourth-order valence-corrected chi connectivity index (χ4v) is 2.41. The number of nitrogens with zero attached hydrogens (tertiary/aromatic N) is 2. The van der Waals surface area contributed by atoms with E-state index in [9.17, 15) is 14.9 Å². The van der Waals surface area contributed by atoms with Crippen LogP contribution < -0.4 is 5.32 Å². The van der Waals surface area contributed by atoms with Gasteiger partial charge in [-0.15, -0.1) is 0 Å². The van der Waals surface area contributed by atoms with Crippen LogP contribution in [0.1, 0.15) is 25.3 Å². The van der Waals surface area contributed by atoms with E-state index in [1.807, 2.05) is 0 Å². The van der Waals surface area contributed by atoms with Crippen LogP contribution in [0.15, 0.2) is 24.3 Å². The fourth-order valence-electron chi connectivity index (χ4n) is 2.41. The first kappa shape index (κ1) is 15.3. The van der Waals surface area contributed by atoms with Crippen LogP contribution >= 0.6 is 0 Å². The number of hydrogen-bond acceptors (Lipinski definition) is 3. The number of carbonyl (C=O) groups is 1. The van der Waals surface area contributed by atoms with Crippen LogP contribution in [0.5, 0.6) is 0 Å². The molecule has 1 aliphatic rings. The van der Waals surface area contributed by atoms with Crippen molar-refractivity contribution in [3.63, 3.8) is 0 Å². The van der Waals surface area contributed by atoms with E-state index in [1.54, 1.807) is 30.1 Å². The minimum atomic E-state index is -0.390. The number of nitrogens with one attached hydrogen (secondary N) is 1. The Bertz CT molecular complexity index is 529. The molecule has 0 aromatic heterocycles. The van der Waals surface area contributed by atoms with Gasteiger partial charge in [-0.2, -0.15) is 0 Å². The third-order valence-corrected chi connectivity index (χ3v) is 4.09. The van der Waals surface area contributed by atoms with Gasteiger partial charge in [-0.3, -0.25) is 10.1 Å². The van der Waals surface area contributed by atoms with Crippen molar-refractivity contribution >= 4 is 11.7 Å². The Kier molecular flexibility index (Phi) is 4.77. The first-order chi connectivity index (χ1) is 10.0. The van der Waals surface area contributed by atoms with Crippen LogP contribution in [0.2, 0.25) is 0 Å². The maximum absolute atomic E-state index is 12.0. The van der Waals surface area contributed by atoms with Crippen molar-refractivity contribution in [2.75, 3.05) is 13.6 Å². The summed E-state index contributed by atoms with van der Waals surface area (Å²) >= 11 is 0. The molecular formula is C15H21N3O3. The van der Waals surface area contributed by atoms with Gasteiger partial charge in [0, 0.05) is 31.3 Å². The highest BCUT2D eigenvalue weighted by Crippen LogP contribution is 2.34. The molecular weight excluding hydrogens is 270 g/mol. The van der Waals surface area contributed by atoms with Gasteiger partial charge in [0.15, 0.2) is 0 Å². The Hall–Kier alpha value is -2.11. The highest BCUT2D eigenvalue weighted by Gasteiger charge is 2.32. The number of amides is 2. The number of nitro benzene ring substituents is 1. The third kappa shape index (κ3) is 3.93. The molecule has 1 aliphatic carbocycles. The predicted octanol–water partition coefficient (Wildman–Crippen LogP) is 2.58. The summed E-state index contributed by atoms with van der Waals surface area (Å²) in [6.07, 6.45) is 2.83. The second-order valence-electron chi connectivity index (χ2n) is 5.56. The van der Waals surface area contributed by atoms with Crippen molar-refractivity contribution in [1.29, 1.82) is 0 Å². The largest absolute Gasteiger partial charge is 0.338 e. The van der Waals surface area contributed by atoms with Crippen molar-refractivity contribution in [1.82, 2.24) is 10.2 Å². The maximum atomic E-state index is 12.0. The molecule has 1 atom stereocenters. The van der Waals surface area contributed by atoms with Crippen molar-refractivity contribution < 1.29 is 9.72 Å². The SMILES string of the molecule is C[C@H](C1CC1)N(C)C(=O)NCCc1ccccc1[N+](=O)[O-]. The number of urea groups is 1. The maximum Gasteiger partial charge on any atom is 0.317 e. The Morgan fingerprint density at radius 1 is 1.48 bits per heavy atom. The minimum absolute atomic E-state index is 0.103. The summed E-state index contributed by atoms with van der Waals surface area (Å²) in [5.74, 6) is 0.621. The topological polar surface area (TPSA) is 75.5 Å². The highest BCUT2D eigenvalue weighted by atomic mass is 16.6. The summed E-state index contributed by atoms with van der Waals surface area (Å²) in [6.45, 7) is 2.45. The van der Waals surface area contributed by atoms with E-state index in [2.05, 4.69) is 12.2 Å². The third-order valence-electron chi connectivity index (χ3n) is 4.09. The molecule has 1 aromatic carbocycles. The number of nitro groups is 1. The van der Waals surface area contributed by atoms with E-state index in [4.69, 9.17) is 0 Å². The summed E-state index contributed by atoms with van der Waals surface area (Å²) in [5, 5.41) is 13.7. The van der Waals surface area contributed by atoms with Crippen molar-refractivity contribution in [3.8, 4) is 0 Å². The van der Waals surface area contributed by atoms with E-state index in [0.717, 1.165) is 0 Å². The Labute approximate surface area is 124 Å². The van der Waals surface area contributed by atoms with Gasteiger partial charge in [-0.1, -0.05) is 18.2 Å². The molecule has 0 unspecified atom stereocenters. The molecule has 0 heterocycles. The van der Waals surface area contributed by atoms with Crippen LogP contribution in [-0.4, -0.2) is 35.5 Å². The van der Waals surface area contributed by atoms with Crippen LogP contribution in [0.4, 0.5) is 10.5 Å². The number of rotatable bonds is 6. The van der Waals surface area contributed by atoms with E-state index < -0.39 is 4.92 Å². The van der Waals surface area contributed by atoms with Gasteiger partial charge in [-0.05, 0) is 32.1 Å². The van der Waals surface area contributed by atoms with Gasteiger partial charge < -0.3 is 10.2 Å². The number of hydrogen-bond donors (Lipinski definition) is 1. The molecule has 6 nitrogen and oxygen atoms in total. The monoisotopic (exact) mass is 291 g/mol. The summed E-state index contributed by atoms with van der Waals surface area (Å²) in [4.78, 5) is 24.2. The molecule has 6 heteroatoms. The molecule has 1 N–H and O–H groups in total. The Morgan fingerprint density at radius 2 is 2.14 bits per heavy atom. The first-order valence-corrected chi connectivity index (χ1v) is 7.23. The molecule has 1 aromatic rings. The molecule has 2 rings (SSSR count). The summed E-state index contributed by atoms with van der Waals surface area (Å²) in [7, 11) is 1.79. The summed E-state index contributed by atoms with van der Waals surface area (Å²) < 4.78 is 0. The van der Waals surface area contributed by atoms with Gasteiger partial charge in [0.25, 0.3) is 5.69 Å². The van der Waals surface area contributed by atoms with Crippen LogP contribution in [0.25, 0.3) is 0 Å². The molecule has 2 amide bonds. The van der Waals surface area contributed by atoms with Gasteiger partial charge in [0.05, 0.1) is 4.92 Å². The second kappa shape index (κ2) is 6.56. The lowest BCUT2D eigenvalue weighted by Crippen LogP contribution is -2.43. The average molecular weight is 291 g/mol. The lowest BCUT2D eigenvalue weighted by atomic mass is 10.1. The van der Waals surface area contributed by atoms with Crippen molar-refractivity contribution in [2.24, 2.45) is 5.92 Å². The van der Waals surface area contributed by atoms with Crippen LogP contribution in [0, 0.1) is 16.0 Å². The lowest BCUT2D eigenvalue weighted by molar-refractivity contribution is -0.385. The average Bonchev–Trinajstić information content (AvgIpc) is 3.30. The predicted molar refractivity (Wildman–Crippen MR) is 80.1 cm³/mol. The van der Waals surface area contributed by atoms with Crippen LogP contribution in [-0.2, 0) is 6.42 Å². The molecule has 0 bridgehead atoms. The summed E-state index contributed by atoms with van der Waals surface area (Å²) in [6, 6.07) is 6.75. The quantitative estimate of drug-likeness (QED) is 0.646. The zero-order chi connectivity index (χ0) is 15.4. The summed E-state index contributed by atoms with van der Waals surface area (Å²) in [5.41, 5.74) is 0.743. The molecule has 0 radical (unpaired) electrons. The lowest BCUT2D eigenvalue weighted by Gasteiger charge is -2.25. The van der Waals surface area contributed by atoms with Crippen LogP contribution in [0.3, 0.4) is 0 Å². The second-order valence-corrected chi connectivity index (χ2v) is 5.56. The molecule has 1 saturated carbocycles. The molecule has 0 aliphatic heterocycles. The van der Waals surface area contributed by atoms with Gasteiger partial charge in [-0.25, -0.2) is 4.79 Å². The zero-order valence-electron chi connectivity index (χ0n) is 12.4. The standard InChI is InChI=1S/C15H21N3O3/c1-11(12-7-8-12)17(2)15(19)16-10-9-13-5-3-4-6-14(13)18(20)21/h3-6,11-12H,7-10H2,1-2H3,(H,16,19)/t11-/m1/s1. The Balaban J connectivity index is 1.84. The number of benzene rings is 1. The number of para-hydroxylation sites is 1. The van der Waals surface area contributed by atoms with Gasteiger partial charge >= 0.3 is 6.03 Å². The van der Waals surface area contributed by atoms with E-state index in [1.165, 1.54) is 18.9 Å². The minimum Gasteiger partial charge on any atom is -0.338 e. The van der Waals surface area contributed by atoms with Crippen molar-refractivity contribution in [2.45, 2.75) is 32.2 Å². The number of carbonyl (C=O) groups excluding carboxylic acids is 1. The smallest absolute Gasteiger partial charge is 0.317 e. The van der Waals surface area contributed by atoms with E-state index in [-0.39, 0.29) is 17.8 Å². The normalized spacial score (nSPS) is 15.3. The zero-order valence-corrected chi connectivity index (χ0v) is 12.4. The molecule has 114 valence electrons. The fraction of sp³-hybridized carbons (Fsp3) is 0.533. The molecule has 1 fully saturated rings. The van der Waals surface area contributed by atoms with E-state index in [0.29, 0.717) is 24.4 Å². The van der Waals surface area contributed by atoms with Gasteiger partial charge in [0.2, 0.25) is 0 Å². The molecule has 0 spiro atoms. The molecule has 0 saturated heterocycles. The first-order valence-electron chi connectivity index (χ1n) is 7.23. The van der Waals surface area contributed by atoms with Crippen molar-refractivity contribution in [3.05, 3.63) is 39.9 Å².